The summed E-state index contributed by atoms with van der Waals surface area (Å²) in [5.41, 5.74) is 1.08. The van der Waals surface area contributed by atoms with E-state index >= 15 is 0 Å². The number of rotatable bonds is 7. The smallest absolute Gasteiger partial charge is 0.387 e. The summed E-state index contributed by atoms with van der Waals surface area (Å²) in [6.07, 6.45) is 0. The Morgan fingerprint density at radius 1 is 1.04 bits per heavy atom. The van der Waals surface area contributed by atoms with Crippen molar-refractivity contribution >= 4 is 23.3 Å². The molecule has 8 heteroatoms. The lowest BCUT2D eigenvalue weighted by atomic mass is 10.1. The highest BCUT2D eigenvalue weighted by Gasteiger charge is 2.10. The van der Waals surface area contributed by atoms with Crippen molar-refractivity contribution in [2.24, 2.45) is 0 Å². The Kier molecular flexibility index (Phi) is 6.37. The number of amides is 2. The van der Waals surface area contributed by atoms with Gasteiger partial charge in [0.05, 0.1) is 6.54 Å². The van der Waals surface area contributed by atoms with Crippen molar-refractivity contribution in [2.75, 3.05) is 11.9 Å². The van der Waals surface area contributed by atoms with E-state index in [1.807, 2.05) is 0 Å². The van der Waals surface area contributed by atoms with Crippen LogP contribution in [0.3, 0.4) is 0 Å². The molecule has 0 saturated heterocycles. The molecule has 2 rings (SSSR count). The van der Waals surface area contributed by atoms with E-state index in [0.717, 1.165) is 0 Å². The van der Waals surface area contributed by atoms with E-state index in [1.54, 1.807) is 18.2 Å². The summed E-state index contributed by atoms with van der Waals surface area (Å²) in [5.74, 6) is -1.22. The van der Waals surface area contributed by atoms with Crippen molar-refractivity contribution in [2.45, 2.75) is 13.5 Å². The Balaban J connectivity index is 1.87. The van der Waals surface area contributed by atoms with Gasteiger partial charge in [-0.2, -0.15) is 8.78 Å². The van der Waals surface area contributed by atoms with Crippen LogP contribution in [0.2, 0.25) is 0 Å². The summed E-state index contributed by atoms with van der Waals surface area (Å²) in [6.45, 7) is -1.82. The molecule has 2 aromatic carbocycles. The standard InChI is InChI=1S/C18H16F2N2O4/c1-11(23)13-3-2-4-14(9-13)22-16(24)10-21-17(25)12-5-7-15(8-6-12)26-18(19)20/h2-9,18H,10H2,1H3,(H,21,25)(H,22,24). The van der Waals surface area contributed by atoms with Crippen LogP contribution in [0.15, 0.2) is 48.5 Å². The molecule has 2 N–H and O–H groups in total. The molecule has 0 radical (unpaired) electrons. The van der Waals surface area contributed by atoms with Crippen molar-refractivity contribution in [3.05, 3.63) is 59.7 Å². The van der Waals surface area contributed by atoms with Gasteiger partial charge >= 0.3 is 6.61 Å². The van der Waals surface area contributed by atoms with Crippen LogP contribution in [0.25, 0.3) is 0 Å². The third kappa shape index (κ3) is 5.66. The predicted octanol–water partition coefficient (Wildman–Crippen LogP) is 2.86. The molecule has 0 saturated carbocycles. The van der Waals surface area contributed by atoms with Gasteiger partial charge in [-0.15, -0.1) is 0 Å². The Morgan fingerprint density at radius 2 is 1.73 bits per heavy atom. The molecular weight excluding hydrogens is 346 g/mol. The summed E-state index contributed by atoms with van der Waals surface area (Å²) in [5, 5.41) is 4.98. The van der Waals surface area contributed by atoms with E-state index < -0.39 is 18.4 Å². The average Bonchev–Trinajstić information content (AvgIpc) is 2.60. The zero-order valence-electron chi connectivity index (χ0n) is 13.8. The molecule has 0 aliphatic heterocycles. The zero-order chi connectivity index (χ0) is 19.1. The second-order valence-electron chi connectivity index (χ2n) is 5.27. The molecular formula is C18H16F2N2O4. The fourth-order valence-electron chi connectivity index (χ4n) is 2.07. The predicted molar refractivity (Wildman–Crippen MR) is 90.5 cm³/mol. The molecule has 0 atom stereocenters. The van der Waals surface area contributed by atoms with E-state index in [2.05, 4.69) is 15.4 Å². The SMILES string of the molecule is CC(=O)c1cccc(NC(=O)CNC(=O)c2ccc(OC(F)F)cc2)c1. The van der Waals surface area contributed by atoms with Gasteiger partial charge in [0, 0.05) is 16.8 Å². The number of nitrogens with one attached hydrogen (secondary N) is 2. The van der Waals surface area contributed by atoms with Crippen molar-refractivity contribution in [1.82, 2.24) is 5.32 Å². The van der Waals surface area contributed by atoms with E-state index in [9.17, 15) is 23.2 Å². The Morgan fingerprint density at radius 3 is 2.35 bits per heavy atom. The maximum Gasteiger partial charge on any atom is 0.387 e. The Bertz CT molecular complexity index is 807. The number of anilines is 1. The first-order valence-corrected chi connectivity index (χ1v) is 7.59. The number of hydrogen-bond donors (Lipinski definition) is 2. The topological polar surface area (TPSA) is 84.5 Å². The van der Waals surface area contributed by atoms with Crippen molar-refractivity contribution < 1.29 is 27.9 Å². The number of halogens is 2. The van der Waals surface area contributed by atoms with Crippen molar-refractivity contribution in [3.8, 4) is 5.75 Å². The second kappa shape index (κ2) is 8.70. The minimum absolute atomic E-state index is 0.0698. The molecule has 0 aliphatic carbocycles. The third-order valence-electron chi connectivity index (χ3n) is 3.30. The van der Waals surface area contributed by atoms with Gasteiger partial charge in [0.1, 0.15) is 5.75 Å². The highest BCUT2D eigenvalue weighted by atomic mass is 19.3. The van der Waals surface area contributed by atoms with Gasteiger partial charge in [0.25, 0.3) is 5.91 Å². The molecule has 0 aromatic heterocycles. The maximum atomic E-state index is 12.1. The number of ketones is 1. The Hall–Kier alpha value is -3.29. The van der Waals surface area contributed by atoms with Gasteiger partial charge in [0.15, 0.2) is 5.78 Å². The highest BCUT2D eigenvalue weighted by Crippen LogP contribution is 2.15. The first-order valence-electron chi connectivity index (χ1n) is 7.59. The Labute approximate surface area is 148 Å². The van der Waals surface area contributed by atoms with Crippen LogP contribution >= 0.6 is 0 Å². The quantitative estimate of drug-likeness (QED) is 0.742. The highest BCUT2D eigenvalue weighted by molar-refractivity contribution is 6.00. The van der Waals surface area contributed by atoms with Crippen LogP contribution < -0.4 is 15.4 Å². The minimum atomic E-state index is -2.94. The summed E-state index contributed by atoms with van der Waals surface area (Å²) in [7, 11) is 0. The molecule has 0 spiro atoms. The number of carbonyl (C=O) groups is 3. The molecule has 0 aliphatic rings. The van der Waals surface area contributed by atoms with Gasteiger partial charge in [0.2, 0.25) is 5.91 Å². The van der Waals surface area contributed by atoms with Crippen LogP contribution in [-0.2, 0) is 4.79 Å². The lowest BCUT2D eigenvalue weighted by Crippen LogP contribution is -2.32. The fraction of sp³-hybridized carbons (Fsp3) is 0.167. The lowest BCUT2D eigenvalue weighted by Gasteiger charge is -2.08. The summed E-state index contributed by atoms with van der Waals surface area (Å²) >= 11 is 0. The average molecular weight is 362 g/mol. The lowest BCUT2D eigenvalue weighted by molar-refractivity contribution is -0.115. The van der Waals surface area contributed by atoms with Crippen LogP contribution in [0.5, 0.6) is 5.75 Å². The van der Waals surface area contributed by atoms with E-state index in [0.29, 0.717) is 11.3 Å². The zero-order valence-corrected chi connectivity index (χ0v) is 13.8. The molecule has 2 amide bonds. The van der Waals surface area contributed by atoms with Gasteiger partial charge in [-0.3, -0.25) is 14.4 Å². The monoisotopic (exact) mass is 362 g/mol. The van der Waals surface area contributed by atoms with Gasteiger partial charge in [-0.25, -0.2) is 0 Å². The first kappa shape index (κ1) is 19.0. The second-order valence-corrected chi connectivity index (χ2v) is 5.27. The van der Waals surface area contributed by atoms with Crippen LogP contribution in [0.4, 0.5) is 14.5 Å². The molecule has 0 bridgehead atoms. The normalized spacial score (nSPS) is 10.3. The van der Waals surface area contributed by atoms with E-state index in [1.165, 1.54) is 37.3 Å². The first-order chi connectivity index (χ1) is 12.3. The summed E-state index contributed by atoms with van der Waals surface area (Å²) < 4.78 is 28.3. The third-order valence-corrected chi connectivity index (χ3v) is 3.30. The van der Waals surface area contributed by atoms with E-state index in [-0.39, 0.29) is 23.6 Å². The number of Topliss-reactive ketones (excluding diaryl/α,β-unsaturated/α-hetero) is 1. The minimum Gasteiger partial charge on any atom is -0.435 e. The number of alkyl halides is 2. The van der Waals surface area contributed by atoms with E-state index in [4.69, 9.17) is 0 Å². The summed E-state index contributed by atoms with van der Waals surface area (Å²) in [6, 6.07) is 11.5. The van der Waals surface area contributed by atoms with Crippen LogP contribution in [0, 0.1) is 0 Å². The molecule has 2 aromatic rings. The van der Waals surface area contributed by atoms with Crippen LogP contribution in [0.1, 0.15) is 27.6 Å². The van der Waals surface area contributed by atoms with Gasteiger partial charge in [-0.05, 0) is 43.3 Å². The molecule has 6 nitrogen and oxygen atoms in total. The molecule has 136 valence electrons. The molecule has 0 heterocycles. The summed E-state index contributed by atoms with van der Waals surface area (Å²) in [4.78, 5) is 35.2. The number of ether oxygens (including phenoxy) is 1. The van der Waals surface area contributed by atoms with Crippen molar-refractivity contribution in [1.29, 1.82) is 0 Å². The van der Waals surface area contributed by atoms with Gasteiger partial charge < -0.3 is 15.4 Å². The van der Waals surface area contributed by atoms with Gasteiger partial charge in [-0.1, -0.05) is 12.1 Å². The van der Waals surface area contributed by atoms with Crippen LogP contribution in [-0.4, -0.2) is 30.8 Å². The molecule has 0 unspecified atom stereocenters. The maximum absolute atomic E-state index is 12.1. The molecule has 0 fully saturated rings. The largest absolute Gasteiger partial charge is 0.435 e. The molecule has 26 heavy (non-hydrogen) atoms. The number of hydrogen-bond acceptors (Lipinski definition) is 4. The fourth-order valence-corrected chi connectivity index (χ4v) is 2.07. The number of carbonyl (C=O) groups excluding carboxylic acids is 3. The van der Waals surface area contributed by atoms with Crippen molar-refractivity contribution in [3.63, 3.8) is 0 Å². The number of benzene rings is 2.